The van der Waals surface area contributed by atoms with E-state index in [1.807, 2.05) is 0 Å². The van der Waals surface area contributed by atoms with Crippen molar-refractivity contribution < 1.29 is 20.5 Å². The fraction of sp³-hybridized carbons (Fsp3) is 0.625. The quantitative estimate of drug-likeness (QED) is 0.672. The largest absolute Gasteiger partial charge is 0.467 e. The van der Waals surface area contributed by atoms with Crippen molar-refractivity contribution in [2.75, 3.05) is 12.9 Å². The molecule has 0 aromatic rings. The molecule has 0 saturated heterocycles. The maximum Gasteiger partial charge on any atom is 0.329 e. The molecule has 1 amide bonds. The number of hydrogen-bond donors (Lipinski definition) is 1. The third kappa shape index (κ3) is 5.58. The van der Waals surface area contributed by atoms with Crippen LogP contribution >= 0.6 is 11.8 Å². The van der Waals surface area contributed by atoms with Gasteiger partial charge in [-0.25, -0.2) is 4.79 Å². The number of nitrogens with one attached hydrogen (secondary N) is 1. The Morgan fingerprint density at radius 2 is 2.07 bits per heavy atom. The highest BCUT2D eigenvalue weighted by molar-refractivity contribution is 8.13. The normalized spacial score (nSPS) is 14.9. The van der Waals surface area contributed by atoms with E-state index in [2.05, 4.69) is 10.1 Å². The van der Waals surface area contributed by atoms with Crippen LogP contribution in [-0.4, -0.2) is 35.9 Å². The standard InChI is InChI=1S/C8H13NO4S/c1-5(10)9-7(8(12)13-3)4-14-6(2)11/h7H,4H2,1-3H3,(H,9,10)/i7D. The van der Waals surface area contributed by atoms with E-state index in [9.17, 15) is 14.4 Å². The number of ether oxygens (including phenoxy) is 1. The number of thioether (sulfide) groups is 1. The molecule has 1 N–H and O–H groups in total. The van der Waals surface area contributed by atoms with E-state index < -0.39 is 17.9 Å². The molecule has 6 heteroatoms. The Labute approximate surface area is 88.0 Å². The summed E-state index contributed by atoms with van der Waals surface area (Å²) in [5, 5.41) is 1.91. The van der Waals surface area contributed by atoms with Gasteiger partial charge in [-0.3, -0.25) is 9.59 Å². The molecule has 14 heavy (non-hydrogen) atoms. The van der Waals surface area contributed by atoms with Crippen molar-refractivity contribution in [3.8, 4) is 0 Å². The summed E-state index contributed by atoms with van der Waals surface area (Å²) in [5.41, 5.74) is 0. The first-order chi connectivity index (χ1) is 6.81. The fourth-order valence-electron chi connectivity index (χ4n) is 0.656. The minimum atomic E-state index is -1.91. The van der Waals surface area contributed by atoms with Crippen LogP contribution in [0.2, 0.25) is 0 Å². The summed E-state index contributed by atoms with van der Waals surface area (Å²) in [7, 11) is 1.12. The molecule has 80 valence electrons. The summed E-state index contributed by atoms with van der Waals surface area (Å²) in [4.78, 5) is 32.7. The van der Waals surface area contributed by atoms with Crippen molar-refractivity contribution in [1.29, 1.82) is 0 Å². The molecular formula is C8H13NO4S. The molecule has 0 saturated carbocycles. The van der Waals surface area contributed by atoms with Crippen LogP contribution < -0.4 is 5.32 Å². The number of carbonyl (C=O) groups is 3. The fourth-order valence-corrected chi connectivity index (χ4v) is 1.19. The Morgan fingerprint density at radius 3 is 2.43 bits per heavy atom. The number of hydrogen-bond acceptors (Lipinski definition) is 5. The van der Waals surface area contributed by atoms with Crippen LogP contribution in [0, 0.1) is 0 Å². The highest BCUT2D eigenvalue weighted by atomic mass is 32.2. The molecule has 0 aliphatic heterocycles. The second kappa shape index (κ2) is 6.42. The molecule has 0 spiro atoms. The Hall–Kier alpha value is -1.04. The van der Waals surface area contributed by atoms with Gasteiger partial charge >= 0.3 is 5.97 Å². The minimum absolute atomic E-state index is 0.172. The van der Waals surface area contributed by atoms with Gasteiger partial charge in [0, 0.05) is 19.6 Å². The zero-order valence-corrected chi connectivity index (χ0v) is 9.06. The molecular weight excluding hydrogens is 206 g/mol. The van der Waals surface area contributed by atoms with Crippen LogP contribution in [0.15, 0.2) is 0 Å². The minimum Gasteiger partial charge on any atom is -0.467 e. The molecule has 1 unspecified atom stereocenters. The van der Waals surface area contributed by atoms with Crippen LogP contribution in [0.5, 0.6) is 0 Å². The third-order valence-electron chi connectivity index (χ3n) is 1.18. The van der Waals surface area contributed by atoms with Gasteiger partial charge in [0.25, 0.3) is 0 Å². The highest BCUT2D eigenvalue weighted by Gasteiger charge is 2.20. The molecule has 1 atom stereocenters. The predicted octanol–water partition coefficient (Wildman–Crippen LogP) is -0.0562. The maximum absolute atomic E-state index is 11.2. The third-order valence-corrected chi connectivity index (χ3v) is 2.02. The van der Waals surface area contributed by atoms with Crippen LogP contribution in [0.1, 0.15) is 15.2 Å². The van der Waals surface area contributed by atoms with Gasteiger partial charge in [-0.05, 0) is 0 Å². The summed E-state index contributed by atoms with van der Waals surface area (Å²) in [5.74, 6) is -1.60. The summed E-state index contributed by atoms with van der Waals surface area (Å²) >= 11 is 0.782. The Kier molecular flexibility index (Phi) is 5.06. The lowest BCUT2D eigenvalue weighted by molar-refractivity contribution is -0.144. The average molecular weight is 220 g/mol. The summed E-state index contributed by atoms with van der Waals surface area (Å²) in [6.07, 6.45) is 0. The van der Waals surface area contributed by atoms with Crippen molar-refractivity contribution in [2.24, 2.45) is 0 Å². The number of carbonyl (C=O) groups excluding carboxylic acids is 3. The molecule has 0 radical (unpaired) electrons. The maximum atomic E-state index is 11.2. The Bertz CT molecular complexity index is 284. The van der Waals surface area contributed by atoms with Crippen LogP contribution in [-0.2, 0) is 19.1 Å². The topological polar surface area (TPSA) is 72.5 Å². The molecule has 0 aromatic carbocycles. The van der Waals surface area contributed by atoms with E-state index in [0.717, 1.165) is 18.9 Å². The van der Waals surface area contributed by atoms with Gasteiger partial charge < -0.3 is 10.1 Å². The van der Waals surface area contributed by atoms with Gasteiger partial charge in [-0.15, -0.1) is 0 Å². The number of rotatable bonds is 4. The van der Waals surface area contributed by atoms with Gasteiger partial charge in [0.1, 0.15) is 6.02 Å². The van der Waals surface area contributed by atoms with Crippen LogP contribution in [0.25, 0.3) is 0 Å². The van der Waals surface area contributed by atoms with E-state index in [4.69, 9.17) is 1.37 Å². The predicted molar refractivity (Wildman–Crippen MR) is 52.8 cm³/mol. The summed E-state index contributed by atoms with van der Waals surface area (Å²) in [6, 6.07) is -1.91. The Morgan fingerprint density at radius 1 is 1.50 bits per heavy atom. The average Bonchev–Trinajstić information content (AvgIpc) is 2.12. The SMILES string of the molecule is [2H]C(CSC(C)=O)(NC(C)=O)C(=O)OC. The monoisotopic (exact) mass is 220 g/mol. The van der Waals surface area contributed by atoms with Gasteiger partial charge in [-0.2, -0.15) is 0 Å². The first-order valence-corrected chi connectivity index (χ1v) is 4.81. The lowest BCUT2D eigenvalue weighted by Gasteiger charge is -2.13. The van der Waals surface area contributed by atoms with E-state index >= 15 is 0 Å². The van der Waals surface area contributed by atoms with Crippen molar-refractivity contribution in [3.63, 3.8) is 0 Å². The van der Waals surface area contributed by atoms with Crippen LogP contribution in [0.3, 0.4) is 0 Å². The van der Waals surface area contributed by atoms with Gasteiger partial charge in [0.05, 0.1) is 8.48 Å². The van der Waals surface area contributed by atoms with Crippen molar-refractivity contribution >= 4 is 28.8 Å². The zero-order valence-electron chi connectivity index (χ0n) is 9.25. The van der Waals surface area contributed by atoms with Crippen molar-refractivity contribution in [2.45, 2.75) is 19.9 Å². The molecule has 0 rings (SSSR count). The van der Waals surface area contributed by atoms with Gasteiger partial charge in [0.2, 0.25) is 5.91 Å². The molecule has 0 fully saturated rings. The second-order valence-corrected chi connectivity index (χ2v) is 3.58. The second-order valence-electron chi connectivity index (χ2n) is 2.43. The summed E-state index contributed by atoms with van der Waals surface area (Å²) < 4.78 is 12.1. The van der Waals surface area contributed by atoms with Crippen molar-refractivity contribution in [3.05, 3.63) is 0 Å². The van der Waals surface area contributed by atoms with E-state index in [1.54, 1.807) is 0 Å². The zero-order chi connectivity index (χ0) is 12.1. The number of methoxy groups -OCH3 is 1. The Balaban J connectivity index is 4.61. The van der Waals surface area contributed by atoms with E-state index in [1.165, 1.54) is 13.8 Å². The molecule has 5 nitrogen and oxygen atoms in total. The summed E-state index contributed by atoms with van der Waals surface area (Å²) in [6.45, 7) is 2.50. The molecule has 0 aliphatic rings. The smallest absolute Gasteiger partial charge is 0.329 e. The van der Waals surface area contributed by atoms with Crippen molar-refractivity contribution in [1.82, 2.24) is 5.32 Å². The molecule has 0 aliphatic carbocycles. The first-order valence-electron chi connectivity index (χ1n) is 4.32. The molecule has 0 heterocycles. The van der Waals surface area contributed by atoms with Crippen LogP contribution in [0.4, 0.5) is 0 Å². The molecule has 0 bridgehead atoms. The number of amides is 1. The lowest BCUT2D eigenvalue weighted by Crippen LogP contribution is -2.42. The van der Waals surface area contributed by atoms with Gasteiger partial charge in [0.15, 0.2) is 5.12 Å². The van der Waals surface area contributed by atoms with E-state index in [0.29, 0.717) is 0 Å². The van der Waals surface area contributed by atoms with E-state index in [-0.39, 0.29) is 10.9 Å². The number of esters is 1. The lowest BCUT2D eigenvalue weighted by atomic mass is 10.3. The molecule has 0 aromatic heterocycles. The van der Waals surface area contributed by atoms with Gasteiger partial charge in [-0.1, -0.05) is 11.8 Å². The highest BCUT2D eigenvalue weighted by Crippen LogP contribution is 2.05. The first kappa shape index (κ1) is 11.0.